The maximum Gasteiger partial charge on any atom is 0.0314 e. The van der Waals surface area contributed by atoms with Crippen LogP contribution in [0.4, 0.5) is 5.69 Å². The molecule has 88 valence electrons. The van der Waals surface area contributed by atoms with Gasteiger partial charge in [0.25, 0.3) is 0 Å². The number of rotatable bonds is 2. The molecule has 0 amide bonds. The summed E-state index contributed by atoms with van der Waals surface area (Å²) in [7, 11) is 4.38. The first kappa shape index (κ1) is 11.5. The van der Waals surface area contributed by atoms with Crippen LogP contribution in [0.25, 0.3) is 0 Å². The number of anilines is 1. The highest BCUT2D eigenvalue weighted by atomic mass is 15.1. The summed E-state index contributed by atoms with van der Waals surface area (Å²) in [6, 6.07) is 9.18. The van der Waals surface area contributed by atoms with Gasteiger partial charge in [0.1, 0.15) is 0 Å². The molecular formula is C14H22N2. The van der Waals surface area contributed by atoms with Gasteiger partial charge >= 0.3 is 0 Å². The first-order valence-corrected chi connectivity index (χ1v) is 6.18. The third-order valence-electron chi connectivity index (χ3n) is 3.78. The Morgan fingerprint density at radius 3 is 2.44 bits per heavy atom. The van der Waals surface area contributed by atoms with E-state index in [1.807, 2.05) is 12.1 Å². The van der Waals surface area contributed by atoms with Crippen molar-refractivity contribution in [3.8, 4) is 0 Å². The van der Waals surface area contributed by atoms with Crippen LogP contribution in [0.15, 0.2) is 24.3 Å². The minimum atomic E-state index is 0.724. The molecule has 1 aromatic carbocycles. The standard InChI is InChI=1S/C14H22N2/c1-16(2)14-5-3-4-12(10-14)11-6-8-13(15)9-7-11/h6-9,12,14H,3-5,10,15H2,1-2H3. The average molecular weight is 218 g/mol. The van der Waals surface area contributed by atoms with Crippen LogP contribution >= 0.6 is 0 Å². The van der Waals surface area contributed by atoms with Gasteiger partial charge in [-0.1, -0.05) is 18.6 Å². The number of nitrogens with zero attached hydrogens (tertiary/aromatic N) is 1. The molecule has 0 bridgehead atoms. The van der Waals surface area contributed by atoms with Gasteiger partial charge in [0.15, 0.2) is 0 Å². The maximum absolute atomic E-state index is 5.72. The average Bonchev–Trinajstić information content (AvgIpc) is 2.30. The minimum Gasteiger partial charge on any atom is -0.399 e. The highest BCUT2D eigenvalue weighted by Crippen LogP contribution is 2.34. The Labute approximate surface area is 98.4 Å². The highest BCUT2D eigenvalue weighted by Gasteiger charge is 2.24. The molecule has 0 radical (unpaired) electrons. The summed E-state index contributed by atoms with van der Waals surface area (Å²) >= 11 is 0. The van der Waals surface area contributed by atoms with Crippen LogP contribution in [-0.4, -0.2) is 25.0 Å². The van der Waals surface area contributed by atoms with Crippen molar-refractivity contribution < 1.29 is 0 Å². The SMILES string of the molecule is CN(C)C1CCCC(c2ccc(N)cc2)C1. The molecule has 2 rings (SSSR count). The second-order valence-electron chi connectivity index (χ2n) is 5.15. The lowest BCUT2D eigenvalue weighted by Crippen LogP contribution is -2.32. The Hall–Kier alpha value is -1.02. The van der Waals surface area contributed by atoms with Crippen molar-refractivity contribution in [2.24, 2.45) is 0 Å². The van der Waals surface area contributed by atoms with E-state index in [1.165, 1.54) is 31.2 Å². The molecule has 2 nitrogen and oxygen atoms in total. The lowest BCUT2D eigenvalue weighted by molar-refractivity contribution is 0.213. The molecule has 1 saturated carbocycles. The topological polar surface area (TPSA) is 29.3 Å². The van der Waals surface area contributed by atoms with Crippen LogP contribution in [0.5, 0.6) is 0 Å². The predicted molar refractivity (Wildman–Crippen MR) is 69.5 cm³/mol. The normalized spacial score (nSPS) is 25.9. The van der Waals surface area contributed by atoms with Crippen LogP contribution in [0.1, 0.15) is 37.2 Å². The summed E-state index contributed by atoms with van der Waals surface area (Å²) in [5.41, 5.74) is 8.05. The molecule has 2 heteroatoms. The first-order valence-electron chi connectivity index (χ1n) is 6.18. The van der Waals surface area contributed by atoms with Gasteiger partial charge in [0.2, 0.25) is 0 Å². The van der Waals surface area contributed by atoms with Crippen LogP contribution in [0.2, 0.25) is 0 Å². The zero-order chi connectivity index (χ0) is 11.5. The monoisotopic (exact) mass is 218 g/mol. The maximum atomic E-state index is 5.72. The third-order valence-corrected chi connectivity index (χ3v) is 3.78. The quantitative estimate of drug-likeness (QED) is 0.773. The molecule has 2 unspecified atom stereocenters. The van der Waals surface area contributed by atoms with Gasteiger partial charge in [0.05, 0.1) is 0 Å². The van der Waals surface area contributed by atoms with Gasteiger partial charge in [-0.3, -0.25) is 0 Å². The van der Waals surface area contributed by atoms with Crippen molar-refractivity contribution in [3.63, 3.8) is 0 Å². The van der Waals surface area contributed by atoms with Gasteiger partial charge in [-0.05, 0) is 57.0 Å². The zero-order valence-electron chi connectivity index (χ0n) is 10.3. The molecular weight excluding hydrogens is 196 g/mol. The lowest BCUT2D eigenvalue weighted by Gasteiger charge is -2.33. The number of hydrogen-bond acceptors (Lipinski definition) is 2. The second-order valence-corrected chi connectivity index (χ2v) is 5.15. The van der Waals surface area contributed by atoms with E-state index >= 15 is 0 Å². The molecule has 2 N–H and O–H groups in total. The van der Waals surface area contributed by atoms with Gasteiger partial charge < -0.3 is 10.6 Å². The van der Waals surface area contributed by atoms with Crippen molar-refractivity contribution in [3.05, 3.63) is 29.8 Å². The molecule has 2 atom stereocenters. The van der Waals surface area contributed by atoms with Gasteiger partial charge in [0, 0.05) is 11.7 Å². The largest absolute Gasteiger partial charge is 0.399 e. The van der Waals surface area contributed by atoms with E-state index in [1.54, 1.807) is 0 Å². The minimum absolute atomic E-state index is 0.724. The van der Waals surface area contributed by atoms with E-state index < -0.39 is 0 Å². The summed E-state index contributed by atoms with van der Waals surface area (Å²) in [6.07, 6.45) is 5.31. The van der Waals surface area contributed by atoms with E-state index in [2.05, 4.69) is 31.1 Å². The van der Waals surface area contributed by atoms with Crippen molar-refractivity contribution in [1.29, 1.82) is 0 Å². The molecule has 1 aliphatic carbocycles. The number of nitrogen functional groups attached to an aromatic ring is 1. The smallest absolute Gasteiger partial charge is 0.0314 e. The Kier molecular flexibility index (Phi) is 3.49. The van der Waals surface area contributed by atoms with Crippen LogP contribution in [-0.2, 0) is 0 Å². The summed E-state index contributed by atoms with van der Waals surface area (Å²) in [5.74, 6) is 0.724. The number of benzene rings is 1. The fourth-order valence-electron chi connectivity index (χ4n) is 2.70. The number of nitrogens with two attached hydrogens (primary N) is 1. The molecule has 0 aromatic heterocycles. The predicted octanol–water partition coefficient (Wildman–Crippen LogP) is 2.86. The van der Waals surface area contributed by atoms with Crippen molar-refractivity contribution in [2.75, 3.05) is 19.8 Å². The Morgan fingerprint density at radius 2 is 1.81 bits per heavy atom. The third kappa shape index (κ3) is 2.56. The molecule has 1 fully saturated rings. The Morgan fingerprint density at radius 1 is 1.12 bits per heavy atom. The van der Waals surface area contributed by atoms with Gasteiger partial charge in [-0.2, -0.15) is 0 Å². The summed E-state index contributed by atoms with van der Waals surface area (Å²) in [4.78, 5) is 2.36. The highest BCUT2D eigenvalue weighted by molar-refractivity contribution is 5.40. The summed E-state index contributed by atoms with van der Waals surface area (Å²) < 4.78 is 0. The molecule has 0 spiro atoms. The van der Waals surface area contributed by atoms with Gasteiger partial charge in [-0.15, -0.1) is 0 Å². The van der Waals surface area contributed by atoms with Crippen LogP contribution in [0, 0.1) is 0 Å². The van der Waals surface area contributed by atoms with E-state index in [0.29, 0.717) is 0 Å². The zero-order valence-corrected chi connectivity index (χ0v) is 10.3. The second kappa shape index (κ2) is 4.88. The molecule has 0 heterocycles. The van der Waals surface area contributed by atoms with E-state index in [0.717, 1.165) is 17.6 Å². The first-order chi connectivity index (χ1) is 7.66. The molecule has 16 heavy (non-hydrogen) atoms. The molecule has 0 aliphatic heterocycles. The molecule has 1 aromatic rings. The van der Waals surface area contributed by atoms with Crippen molar-refractivity contribution in [1.82, 2.24) is 4.90 Å². The Bertz CT molecular complexity index is 329. The van der Waals surface area contributed by atoms with E-state index in [9.17, 15) is 0 Å². The molecule has 1 aliphatic rings. The van der Waals surface area contributed by atoms with E-state index in [-0.39, 0.29) is 0 Å². The summed E-state index contributed by atoms with van der Waals surface area (Å²) in [6.45, 7) is 0. The van der Waals surface area contributed by atoms with Crippen molar-refractivity contribution in [2.45, 2.75) is 37.6 Å². The van der Waals surface area contributed by atoms with Gasteiger partial charge in [-0.25, -0.2) is 0 Å². The van der Waals surface area contributed by atoms with Crippen LogP contribution < -0.4 is 5.73 Å². The fraction of sp³-hybridized carbons (Fsp3) is 0.571. The Balaban J connectivity index is 2.06. The van der Waals surface area contributed by atoms with Crippen LogP contribution in [0.3, 0.4) is 0 Å². The lowest BCUT2D eigenvalue weighted by atomic mass is 9.81. The van der Waals surface area contributed by atoms with Crippen molar-refractivity contribution >= 4 is 5.69 Å². The fourth-order valence-corrected chi connectivity index (χ4v) is 2.70. The summed E-state index contributed by atoms with van der Waals surface area (Å²) in [5, 5.41) is 0. The van der Waals surface area contributed by atoms with E-state index in [4.69, 9.17) is 5.73 Å². The number of hydrogen-bond donors (Lipinski definition) is 1. The molecule has 0 saturated heterocycles.